The summed E-state index contributed by atoms with van der Waals surface area (Å²) < 4.78 is 13.7. The maximum absolute atomic E-state index is 5.35. The van der Waals surface area contributed by atoms with Crippen molar-refractivity contribution in [1.29, 1.82) is 0 Å². The number of nitrogens with zero attached hydrogens (tertiary/aromatic N) is 2. The van der Waals surface area contributed by atoms with Crippen LogP contribution >= 0.6 is 15.9 Å². The van der Waals surface area contributed by atoms with Gasteiger partial charge in [0.1, 0.15) is 11.5 Å². The molecule has 1 N–H and O–H groups in total. The Kier molecular flexibility index (Phi) is 5.25. The molecule has 0 aliphatic rings. The first-order valence-corrected chi connectivity index (χ1v) is 7.55. The highest BCUT2D eigenvalue weighted by Gasteiger charge is 2.21. The van der Waals surface area contributed by atoms with Gasteiger partial charge in [-0.15, -0.1) is 0 Å². The number of halogens is 1. The molecule has 1 unspecified atom stereocenters. The summed E-state index contributed by atoms with van der Waals surface area (Å²) in [7, 11) is 5.23. The average Bonchev–Trinajstić information content (AvgIpc) is 2.89. The van der Waals surface area contributed by atoms with Crippen LogP contribution < -0.4 is 14.8 Å². The van der Waals surface area contributed by atoms with Crippen LogP contribution in [0.4, 0.5) is 0 Å². The molecule has 0 spiro atoms. The minimum absolute atomic E-state index is 0.00850. The van der Waals surface area contributed by atoms with Gasteiger partial charge in [-0.25, -0.2) is 0 Å². The van der Waals surface area contributed by atoms with Crippen LogP contribution in [0.5, 0.6) is 11.5 Å². The fourth-order valence-electron chi connectivity index (χ4n) is 2.37. The van der Waals surface area contributed by atoms with Crippen molar-refractivity contribution in [1.82, 2.24) is 15.1 Å². The van der Waals surface area contributed by atoms with Crippen LogP contribution in [0.15, 0.2) is 28.9 Å². The molecule has 1 heterocycles. The van der Waals surface area contributed by atoms with Gasteiger partial charge in [-0.1, -0.05) is 0 Å². The second-order valence-corrected chi connectivity index (χ2v) is 5.42. The Balaban J connectivity index is 2.53. The van der Waals surface area contributed by atoms with E-state index in [0.29, 0.717) is 0 Å². The lowest BCUT2D eigenvalue weighted by molar-refractivity contribution is 0.392. The molecule has 0 bridgehead atoms. The van der Waals surface area contributed by atoms with Gasteiger partial charge in [-0.05, 0) is 47.6 Å². The van der Waals surface area contributed by atoms with E-state index in [1.807, 2.05) is 36.1 Å². The van der Waals surface area contributed by atoms with Crippen LogP contribution in [0.3, 0.4) is 0 Å². The van der Waals surface area contributed by atoms with Crippen molar-refractivity contribution in [2.24, 2.45) is 0 Å². The largest absolute Gasteiger partial charge is 0.497 e. The van der Waals surface area contributed by atoms with Crippen LogP contribution in [0.25, 0.3) is 0 Å². The quantitative estimate of drug-likeness (QED) is 0.867. The first kappa shape index (κ1) is 15.9. The summed E-state index contributed by atoms with van der Waals surface area (Å²) in [6.45, 7) is 2.88. The monoisotopic (exact) mass is 353 g/mol. The summed E-state index contributed by atoms with van der Waals surface area (Å²) in [5.74, 6) is 1.53. The number of aryl methyl sites for hydroxylation is 1. The predicted molar refractivity (Wildman–Crippen MR) is 86.0 cm³/mol. The zero-order valence-corrected chi connectivity index (χ0v) is 14.3. The summed E-state index contributed by atoms with van der Waals surface area (Å²) in [4.78, 5) is 0. The fourth-order valence-corrected chi connectivity index (χ4v) is 2.89. The highest BCUT2D eigenvalue weighted by molar-refractivity contribution is 9.10. The van der Waals surface area contributed by atoms with Crippen molar-refractivity contribution in [2.75, 3.05) is 21.3 Å². The average molecular weight is 354 g/mol. The molecule has 0 amide bonds. The van der Waals surface area contributed by atoms with Gasteiger partial charge >= 0.3 is 0 Å². The van der Waals surface area contributed by atoms with Gasteiger partial charge in [0.25, 0.3) is 0 Å². The Hall–Kier alpha value is -1.53. The van der Waals surface area contributed by atoms with Crippen molar-refractivity contribution in [2.45, 2.75) is 19.5 Å². The molecule has 6 heteroatoms. The molecular formula is C15H20BrN3O2. The van der Waals surface area contributed by atoms with Crippen LogP contribution in [-0.2, 0) is 6.54 Å². The van der Waals surface area contributed by atoms with Gasteiger partial charge in [0.15, 0.2) is 0 Å². The van der Waals surface area contributed by atoms with Crippen LogP contribution in [0, 0.1) is 0 Å². The summed E-state index contributed by atoms with van der Waals surface area (Å²) in [5, 5.41) is 7.72. The van der Waals surface area contributed by atoms with E-state index in [1.54, 1.807) is 14.2 Å². The maximum Gasteiger partial charge on any atom is 0.122 e. The molecule has 1 atom stereocenters. The van der Waals surface area contributed by atoms with Gasteiger partial charge in [-0.2, -0.15) is 5.10 Å². The first-order chi connectivity index (χ1) is 10.1. The van der Waals surface area contributed by atoms with Crippen LogP contribution in [0.1, 0.15) is 24.2 Å². The third-order valence-corrected chi connectivity index (χ3v) is 4.01. The highest BCUT2D eigenvalue weighted by Crippen LogP contribution is 2.32. The number of hydrogen-bond donors (Lipinski definition) is 1. The molecule has 114 valence electrons. The smallest absolute Gasteiger partial charge is 0.122 e. The third-order valence-electron chi connectivity index (χ3n) is 3.40. The normalized spacial score (nSPS) is 12.2. The second kappa shape index (κ2) is 6.95. The van der Waals surface area contributed by atoms with Gasteiger partial charge in [0, 0.05) is 12.6 Å². The minimum Gasteiger partial charge on any atom is -0.497 e. The molecule has 0 fully saturated rings. The molecule has 2 rings (SSSR count). The van der Waals surface area contributed by atoms with Crippen LogP contribution in [-0.4, -0.2) is 31.0 Å². The SMILES string of the molecule is CCn1ncc(Br)c1C(NC)c1cc(OC)cc(OC)c1. The molecule has 0 saturated heterocycles. The van der Waals surface area contributed by atoms with E-state index in [0.717, 1.165) is 33.8 Å². The van der Waals surface area contributed by atoms with Crippen molar-refractivity contribution in [3.8, 4) is 11.5 Å². The molecule has 0 aliphatic heterocycles. The lowest BCUT2D eigenvalue weighted by Gasteiger charge is -2.20. The van der Waals surface area contributed by atoms with Crippen molar-refractivity contribution in [3.05, 3.63) is 40.1 Å². The van der Waals surface area contributed by atoms with E-state index >= 15 is 0 Å². The van der Waals surface area contributed by atoms with Crippen LogP contribution in [0.2, 0.25) is 0 Å². The van der Waals surface area contributed by atoms with Gasteiger partial charge in [0.05, 0.1) is 36.6 Å². The maximum atomic E-state index is 5.35. The molecule has 0 aliphatic carbocycles. The Morgan fingerprint density at radius 1 is 1.24 bits per heavy atom. The zero-order valence-electron chi connectivity index (χ0n) is 12.7. The summed E-state index contributed by atoms with van der Waals surface area (Å²) >= 11 is 3.58. The molecule has 0 saturated carbocycles. The van der Waals surface area contributed by atoms with Gasteiger partial charge in [-0.3, -0.25) is 4.68 Å². The number of methoxy groups -OCH3 is 2. The lowest BCUT2D eigenvalue weighted by atomic mass is 10.0. The van der Waals surface area contributed by atoms with Crippen molar-refractivity contribution in [3.63, 3.8) is 0 Å². The van der Waals surface area contributed by atoms with Crippen molar-refractivity contribution >= 4 is 15.9 Å². The van der Waals surface area contributed by atoms with E-state index in [2.05, 4.69) is 33.3 Å². The van der Waals surface area contributed by atoms with E-state index in [4.69, 9.17) is 9.47 Å². The fraction of sp³-hybridized carbons (Fsp3) is 0.400. The standard InChI is InChI=1S/C15H20BrN3O2/c1-5-19-15(13(16)9-18-19)14(17-2)10-6-11(20-3)8-12(7-10)21-4/h6-9,14,17H,5H2,1-4H3. The number of rotatable bonds is 6. The highest BCUT2D eigenvalue weighted by atomic mass is 79.9. The van der Waals surface area contributed by atoms with Gasteiger partial charge < -0.3 is 14.8 Å². The first-order valence-electron chi connectivity index (χ1n) is 6.76. The number of aromatic nitrogens is 2. The number of ether oxygens (including phenoxy) is 2. The second-order valence-electron chi connectivity index (χ2n) is 4.56. The summed E-state index contributed by atoms with van der Waals surface area (Å²) in [5.41, 5.74) is 2.14. The molecule has 0 radical (unpaired) electrons. The summed E-state index contributed by atoms with van der Waals surface area (Å²) in [6, 6.07) is 5.86. The Morgan fingerprint density at radius 2 is 1.86 bits per heavy atom. The van der Waals surface area contributed by atoms with E-state index in [-0.39, 0.29) is 6.04 Å². The molecule has 1 aromatic heterocycles. The summed E-state index contributed by atoms with van der Waals surface area (Å²) in [6.07, 6.45) is 1.82. The number of benzene rings is 1. The molecule has 21 heavy (non-hydrogen) atoms. The number of hydrogen-bond acceptors (Lipinski definition) is 4. The number of nitrogens with one attached hydrogen (secondary N) is 1. The topological polar surface area (TPSA) is 48.3 Å². The predicted octanol–water partition coefficient (Wildman–Crippen LogP) is 2.99. The van der Waals surface area contributed by atoms with Crippen molar-refractivity contribution < 1.29 is 9.47 Å². The molecule has 2 aromatic rings. The van der Waals surface area contributed by atoms with E-state index in [1.165, 1.54) is 0 Å². The molecule has 5 nitrogen and oxygen atoms in total. The molecule has 1 aromatic carbocycles. The molecular weight excluding hydrogens is 334 g/mol. The third kappa shape index (κ3) is 3.22. The Morgan fingerprint density at radius 3 is 2.33 bits per heavy atom. The Labute approximate surface area is 133 Å². The minimum atomic E-state index is -0.00850. The Bertz CT molecular complexity index is 591. The van der Waals surface area contributed by atoms with E-state index < -0.39 is 0 Å². The zero-order chi connectivity index (χ0) is 15.4. The van der Waals surface area contributed by atoms with Gasteiger partial charge in [0.2, 0.25) is 0 Å². The van der Waals surface area contributed by atoms with E-state index in [9.17, 15) is 0 Å². The lowest BCUT2D eigenvalue weighted by Crippen LogP contribution is -2.22.